The Balaban J connectivity index is 2.08. The van der Waals surface area contributed by atoms with Crippen LogP contribution in [0.2, 0.25) is 5.02 Å². The molecule has 1 aliphatic rings. The van der Waals surface area contributed by atoms with Crippen molar-refractivity contribution in [2.75, 3.05) is 11.9 Å². The van der Waals surface area contributed by atoms with Crippen LogP contribution in [-0.2, 0) is 4.79 Å². The minimum atomic E-state index is -1.07. The number of benzene rings is 1. The fraction of sp³-hybridized carbons (Fsp3) is 0.429. The molecule has 1 amide bonds. The summed E-state index contributed by atoms with van der Waals surface area (Å²) in [5.41, 5.74) is 0.465. The number of halogens is 1. The maximum absolute atomic E-state index is 12.1. The van der Waals surface area contributed by atoms with Crippen molar-refractivity contribution in [3.8, 4) is 0 Å². The minimum absolute atomic E-state index is 0.0571. The Labute approximate surface area is 122 Å². The van der Waals surface area contributed by atoms with Crippen molar-refractivity contribution in [1.29, 1.82) is 0 Å². The highest BCUT2D eigenvalue weighted by molar-refractivity contribution is 6.31. The zero-order chi connectivity index (χ0) is 14.5. The van der Waals surface area contributed by atoms with Crippen molar-refractivity contribution in [2.24, 2.45) is 0 Å². The van der Waals surface area contributed by atoms with Crippen LogP contribution < -0.4 is 10.6 Å². The fourth-order valence-corrected chi connectivity index (χ4v) is 2.50. The van der Waals surface area contributed by atoms with Gasteiger partial charge in [0.05, 0.1) is 11.6 Å². The van der Waals surface area contributed by atoms with Gasteiger partial charge in [0, 0.05) is 10.7 Å². The molecule has 0 saturated carbocycles. The summed E-state index contributed by atoms with van der Waals surface area (Å²) < 4.78 is 0. The van der Waals surface area contributed by atoms with Gasteiger partial charge in [-0.15, -0.1) is 0 Å². The predicted octanol–water partition coefficient (Wildman–Crippen LogP) is 2.51. The van der Waals surface area contributed by atoms with Crippen molar-refractivity contribution in [3.05, 3.63) is 28.8 Å². The molecule has 0 bridgehead atoms. The summed E-state index contributed by atoms with van der Waals surface area (Å²) in [6.45, 7) is 0.827. The first-order valence-electron chi connectivity index (χ1n) is 6.64. The Hall–Kier alpha value is -1.59. The topological polar surface area (TPSA) is 78.4 Å². The van der Waals surface area contributed by atoms with E-state index in [0.717, 1.165) is 32.2 Å². The number of aromatic carboxylic acids is 1. The Kier molecular flexibility index (Phi) is 4.98. The minimum Gasteiger partial charge on any atom is -0.478 e. The fourth-order valence-electron chi connectivity index (χ4n) is 2.27. The Bertz CT molecular complexity index is 511. The summed E-state index contributed by atoms with van der Waals surface area (Å²) in [6.07, 6.45) is 4.00. The van der Waals surface area contributed by atoms with E-state index in [2.05, 4.69) is 10.6 Å². The van der Waals surface area contributed by atoms with E-state index in [-0.39, 0.29) is 22.5 Å². The van der Waals surface area contributed by atoms with Crippen molar-refractivity contribution in [3.63, 3.8) is 0 Å². The molecule has 1 aromatic rings. The zero-order valence-corrected chi connectivity index (χ0v) is 11.7. The van der Waals surface area contributed by atoms with E-state index in [1.54, 1.807) is 6.07 Å². The summed E-state index contributed by atoms with van der Waals surface area (Å²) in [7, 11) is 0. The Morgan fingerprint density at radius 3 is 2.80 bits per heavy atom. The van der Waals surface area contributed by atoms with Gasteiger partial charge in [0.2, 0.25) is 5.91 Å². The van der Waals surface area contributed by atoms with Crippen LogP contribution in [0.25, 0.3) is 0 Å². The average Bonchev–Trinajstić information content (AvgIpc) is 2.66. The molecule has 0 radical (unpaired) electrons. The van der Waals surface area contributed by atoms with Crippen LogP contribution in [0.3, 0.4) is 0 Å². The second kappa shape index (κ2) is 6.72. The van der Waals surface area contributed by atoms with Crippen LogP contribution in [0.5, 0.6) is 0 Å². The van der Waals surface area contributed by atoms with Crippen molar-refractivity contribution < 1.29 is 14.7 Å². The predicted molar refractivity (Wildman–Crippen MR) is 77.3 cm³/mol. The van der Waals surface area contributed by atoms with Crippen LogP contribution in [-0.4, -0.2) is 29.6 Å². The third kappa shape index (κ3) is 3.95. The van der Waals surface area contributed by atoms with Gasteiger partial charge >= 0.3 is 5.97 Å². The molecular formula is C14H17ClN2O3. The molecule has 0 aliphatic carbocycles. The summed E-state index contributed by atoms with van der Waals surface area (Å²) in [6, 6.07) is 4.07. The molecule has 0 spiro atoms. The summed E-state index contributed by atoms with van der Waals surface area (Å²) in [4.78, 5) is 23.1. The highest BCUT2D eigenvalue weighted by Crippen LogP contribution is 2.20. The van der Waals surface area contributed by atoms with Gasteiger partial charge in [0.25, 0.3) is 0 Å². The van der Waals surface area contributed by atoms with Crippen molar-refractivity contribution >= 4 is 29.2 Å². The lowest BCUT2D eigenvalue weighted by Gasteiger charge is -2.16. The molecule has 1 fully saturated rings. The Morgan fingerprint density at radius 1 is 1.25 bits per heavy atom. The number of carbonyl (C=O) groups is 2. The molecule has 0 aromatic heterocycles. The smallest absolute Gasteiger partial charge is 0.335 e. The SMILES string of the molecule is O=C(O)c1cc(Cl)cc(NC(=O)C2CCCCCN2)c1. The molecule has 1 unspecified atom stereocenters. The molecule has 1 aliphatic heterocycles. The van der Waals surface area contributed by atoms with Crippen LogP contribution >= 0.6 is 11.6 Å². The van der Waals surface area contributed by atoms with Gasteiger partial charge in [-0.25, -0.2) is 4.79 Å². The molecule has 3 N–H and O–H groups in total. The van der Waals surface area contributed by atoms with Gasteiger partial charge in [-0.05, 0) is 37.6 Å². The molecule has 6 heteroatoms. The lowest BCUT2D eigenvalue weighted by molar-refractivity contribution is -0.118. The zero-order valence-electron chi connectivity index (χ0n) is 11.0. The summed E-state index contributed by atoms with van der Waals surface area (Å²) in [5, 5.41) is 15.2. The van der Waals surface area contributed by atoms with Crippen LogP contribution in [0, 0.1) is 0 Å². The molecule has 20 heavy (non-hydrogen) atoms. The highest BCUT2D eigenvalue weighted by Gasteiger charge is 2.20. The number of anilines is 1. The second-order valence-corrected chi connectivity index (χ2v) is 5.32. The first-order chi connectivity index (χ1) is 9.56. The number of amides is 1. The first kappa shape index (κ1) is 14.8. The van der Waals surface area contributed by atoms with Crippen LogP contribution in [0.1, 0.15) is 36.0 Å². The number of carbonyl (C=O) groups excluding carboxylic acids is 1. The van der Waals surface area contributed by atoms with Gasteiger partial charge in [0.15, 0.2) is 0 Å². The number of carboxylic acids is 1. The monoisotopic (exact) mass is 296 g/mol. The number of rotatable bonds is 3. The molecular weight excluding hydrogens is 280 g/mol. The van der Waals surface area contributed by atoms with Gasteiger partial charge in [0.1, 0.15) is 0 Å². The molecule has 2 rings (SSSR count). The summed E-state index contributed by atoms with van der Waals surface area (Å²) >= 11 is 5.86. The van der Waals surface area contributed by atoms with E-state index in [1.165, 1.54) is 12.1 Å². The molecule has 108 valence electrons. The van der Waals surface area contributed by atoms with Gasteiger partial charge in [-0.3, -0.25) is 4.79 Å². The van der Waals surface area contributed by atoms with E-state index < -0.39 is 5.97 Å². The van der Waals surface area contributed by atoms with Crippen molar-refractivity contribution in [2.45, 2.75) is 31.7 Å². The third-order valence-electron chi connectivity index (χ3n) is 3.29. The highest BCUT2D eigenvalue weighted by atomic mass is 35.5. The molecule has 5 nitrogen and oxygen atoms in total. The van der Waals surface area contributed by atoms with E-state index in [4.69, 9.17) is 16.7 Å². The van der Waals surface area contributed by atoms with E-state index >= 15 is 0 Å². The van der Waals surface area contributed by atoms with Gasteiger partial charge in [-0.1, -0.05) is 24.4 Å². The average molecular weight is 297 g/mol. The molecule has 1 atom stereocenters. The van der Waals surface area contributed by atoms with E-state index in [9.17, 15) is 9.59 Å². The van der Waals surface area contributed by atoms with Crippen LogP contribution in [0.15, 0.2) is 18.2 Å². The quantitative estimate of drug-likeness (QED) is 0.801. The van der Waals surface area contributed by atoms with Gasteiger partial charge in [-0.2, -0.15) is 0 Å². The van der Waals surface area contributed by atoms with E-state index in [1.807, 2.05) is 0 Å². The molecule has 1 aromatic carbocycles. The lowest BCUT2D eigenvalue weighted by Crippen LogP contribution is -2.39. The number of nitrogens with one attached hydrogen (secondary N) is 2. The number of hydrogen-bond acceptors (Lipinski definition) is 3. The largest absolute Gasteiger partial charge is 0.478 e. The third-order valence-corrected chi connectivity index (χ3v) is 3.51. The number of hydrogen-bond donors (Lipinski definition) is 3. The molecule has 1 saturated heterocycles. The maximum atomic E-state index is 12.1. The molecule has 1 heterocycles. The van der Waals surface area contributed by atoms with Crippen molar-refractivity contribution in [1.82, 2.24) is 5.32 Å². The lowest BCUT2D eigenvalue weighted by atomic mass is 10.1. The van der Waals surface area contributed by atoms with Gasteiger partial charge < -0.3 is 15.7 Å². The normalized spacial score (nSPS) is 19.1. The van der Waals surface area contributed by atoms with Crippen LogP contribution in [0.4, 0.5) is 5.69 Å². The Morgan fingerprint density at radius 2 is 2.05 bits per heavy atom. The van der Waals surface area contributed by atoms with E-state index in [0.29, 0.717) is 5.69 Å². The maximum Gasteiger partial charge on any atom is 0.335 e. The number of carboxylic acid groups (broad SMARTS) is 1. The standard InChI is InChI=1S/C14H17ClN2O3/c15-10-6-9(14(19)20)7-11(8-10)17-13(18)12-4-2-1-3-5-16-12/h6-8,12,16H,1-5H2,(H,17,18)(H,19,20). The second-order valence-electron chi connectivity index (χ2n) is 4.88. The first-order valence-corrected chi connectivity index (χ1v) is 7.02. The summed E-state index contributed by atoms with van der Waals surface area (Å²) in [5.74, 6) is -1.22.